The molecule has 0 saturated carbocycles. The summed E-state index contributed by atoms with van der Waals surface area (Å²) in [6, 6.07) is 0. The normalized spacial score (nSPS) is 29.6. The molecule has 0 aromatic carbocycles. The summed E-state index contributed by atoms with van der Waals surface area (Å²) in [5.74, 6) is 1.92. The minimum atomic E-state index is -1.68. The number of hydrogen-bond acceptors (Lipinski definition) is 0. The second-order valence-electron chi connectivity index (χ2n) is 8.35. The molecule has 2 fully saturated rings. The van der Waals surface area contributed by atoms with E-state index in [0.717, 1.165) is 18.3 Å². The first-order valence-corrected chi connectivity index (χ1v) is 15.7. The van der Waals surface area contributed by atoms with E-state index in [1.54, 1.807) is 5.10 Å². The lowest BCUT2D eigenvalue weighted by atomic mass is 9.27. The van der Waals surface area contributed by atoms with Crippen molar-refractivity contribution in [1.82, 2.24) is 0 Å². The Morgan fingerprint density at radius 2 is 1.37 bits per heavy atom. The van der Waals surface area contributed by atoms with Gasteiger partial charge in [-0.3, -0.25) is 0 Å². The molecule has 108 valence electrons. The molecule has 0 atom stereocenters. The summed E-state index contributed by atoms with van der Waals surface area (Å²) in [6.45, 7) is 12.9. The Kier molecular flexibility index (Phi) is 4.80. The van der Waals surface area contributed by atoms with Crippen molar-refractivity contribution in [2.75, 3.05) is 0 Å². The van der Waals surface area contributed by atoms with E-state index < -0.39 is 15.5 Å². The zero-order chi connectivity index (χ0) is 14.3. The Morgan fingerprint density at radius 1 is 0.947 bits per heavy atom. The Morgan fingerprint density at radius 3 is 1.68 bits per heavy atom. The van der Waals surface area contributed by atoms with E-state index in [2.05, 4.69) is 38.4 Å². The molecule has 0 nitrogen and oxygen atoms in total. The zero-order valence-corrected chi connectivity index (χ0v) is 16.2. The van der Waals surface area contributed by atoms with Gasteiger partial charge in [-0.2, -0.15) is 11.1 Å². The fourth-order valence-corrected chi connectivity index (χ4v) is 10.2. The van der Waals surface area contributed by atoms with Gasteiger partial charge in [-0.25, -0.2) is 0 Å². The van der Waals surface area contributed by atoms with Gasteiger partial charge in [0.05, 0.1) is 8.07 Å². The van der Waals surface area contributed by atoms with Gasteiger partial charge in [-0.15, -0.1) is 10.8 Å². The second-order valence-corrected chi connectivity index (χ2v) is 19.7. The summed E-state index contributed by atoms with van der Waals surface area (Å²) >= 11 is 6.94. The van der Waals surface area contributed by atoms with Crippen molar-refractivity contribution in [2.45, 2.75) is 82.9 Å². The van der Waals surface area contributed by atoms with Gasteiger partial charge in [0.2, 0.25) is 0 Å². The quantitative estimate of drug-likeness (QED) is 0.448. The minimum Gasteiger partial charge on any atom is -0.163 e. The third-order valence-electron chi connectivity index (χ3n) is 4.95. The SMILES string of the molecule is C[Si](C)(C)/C=C(\B1C2CCCC1CCC2)[Si](C)(C)Cl. The molecule has 0 amide bonds. The monoisotopic (exact) mass is 312 g/mol. The molecule has 2 bridgehead atoms. The van der Waals surface area contributed by atoms with Crippen molar-refractivity contribution in [1.29, 1.82) is 0 Å². The van der Waals surface area contributed by atoms with Crippen LogP contribution in [0.1, 0.15) is 38.5 Å². The van der Waals surface area contributed by atoms with Gasteiger partial charge in [0.1, 0.15) is 0 Å². The summed E-state index contributed by atoms with van der Waals surface area (Å²) in [7, 11) is -2.86. The molecule has 2 rings (SSSR count). The Bertz CT molecular complexity index is 332. The number of rotatable bonds is 3. The Balaban J connectivity index is 2.35. The maximum Gasteiger partial charge on any atom is 0.172 e. The van der Waals surface area contributed by atoms with Crippen molar-refractivity contribution in [3.63, 3.8) is 0 Å². The van der Waals surface area contributed by atoms with Crippen LogP contribution in [-0.4, -0.2) is 22.2 Å². The summed E-state index contributed by atoms with van der Waals surface area (Å²) in [5, 5.41) is 1.74. The number of hydrogen-bond donors (Lipinski definition) is 0. The Hall–Kier alpha value is 0.529. The van der Waals surface area contributed by atoms with Crippen LogP contribution >= 0.6 is 11.1 Å². The van der Waals surface area contributed by atoms with E-state index in [1.165, 1.54) is 38.5 Å². The molecule has 0 spiro atoms. The van der Waals surface area contributed by atoms with Crippen molar-refractivity contribution in [2.24, 2.45) is 0 Å². The van der Waals surface area contributed by atoms with E-state index in [-0.39, 0.29) is 0 Å². The molecule has 0 unspecified atom stereocenters. The Labute approximate surface area is 127 Å². The molecule has 19 heavy (non-hydrogen) atoms. The van der Waals surface area contributed by atoms with Gasteiger partial charge in [0.25, 0.3) is 0 Å². The van der Waals surface area contributed by atoms with Crippen LogP contribution in [0.2, 0.25) is 44.4 Å². The first-order valence-electron chi connectivity index (χ1n) is 8.10. The highest BCUT2D eigenvalue weighted by atomic mass is 35.6. The van der Waals surface area contributed by atoms with Gasteiger partial charge in [-0.05, 0) is 0 Å². The molecule has 0 aromatic rings. The van der Waals surface area contributed by atoms with Crippen LogP contribution in [0.25, 0.3) is 0 Å². The summed E-state index contributed by atoms with van der Waals surface area (Å²) < 4.78 is 0. The van der Waals surface area contributed by atoms with E-state index in [4.69, 9.17) is 11.1 Å². The lowest BCUT2D eigenvalue weighted by Gasteiger charge is -2.44. The summed E-state index contributed by atoms with van der Waals surface area (Å²) in [6.07, 6.45) is 8.79. The highest BCUT2D eigenvalue weighted by Gasteiger charge is 2.45. The van der Waals surface area contributed by atoms with Gasteiger partial charge in [0.15, 0.2) is 14.1 Å². The van der Waals surface area contributed by atoms with Crippen LogP contribution in [0.4, 0.5) is 0 Å². The second kappa shape index (κ2) is 5.73. The van der Waals surface area contributed by atoms with Crippen molar-refractivity contribution in [3.05, 3.63) is 10.8 Å². The maximum atomic E-state index is 6.94. The maximum absolute atomic E-state index is 6.94. The van der Waals surface area contributed by atoms with Crippen LogP contribution in [0, 0.1) is 0 Å². The molecule has 0 N–H and O–H groups in total. The molecule has 2 heterocycles. The zero-order valence-electron chi connectivity index (χ0n) is 13.4. The van der Waals surface area contributed by atoms with Crippen LogP contribution in [-0.2, 0) is 0 Å². The predicted molar refractivity (Wildman–Crippen MR) is 95.7 cm³/mol. The van der Waals surface area contributed by atoms with E-state index >= 15 is 0 Å². The van der Waals surface area contributed by atoms with Gasteiger partial charge in [-0.1, -0.05) is 82.9 Å². The van der Waals surface area contributed by atoms with Gasteiger partial charge < -0.3 is 0 Å². The molecular formula is C15H30BClSi2. The molecule has 2 aliphatic heterocycles. The first-order chi connectivity index (χ1) is 8.68. The first kappa shape index (κ1) is 15.9. The minimum absolute atomic E-state index is 0.855. The molecule has 2 saturated heterocycles. The standard InChI is InChI=1S/C15H30BClSi2/c1-18(2,3)12-15(19(4,5)17)16-13-8-6-9-14(16)11-7-10-13/h12-14H,6-11H2,1-5H3/b15-12+. The molecule has 0 aliphatic carbocycles. The summed E-state index contributed by atoms with van der Waals surface area (Å²) in [5.41, 5.74) is 2.69. The predicted octanol–water partition coefficient (Wildman–Crippen LogP) is 5.92. The highest BCUT2D eigenvalue weighted by molar-refractivity contribution is 7.28. The largest absolute Gasteiger partial charge is 0.172 e. The van der Waals surface area contributed by atoms with Gasteiger partial charge in [0, 0.05) is 0 Å². The van der Waals surface area contributed by atoms with Crippen molar-refractivity contribution < 1.29 is 0 Å². The average Bonchev–Trinajstić information content (AvgIpc) is 2.22. The molecule has 0 radical (unpaired) electrons. The van der Waals surface area contributed by atoms with E-state index in [9.17, 15) is 0 Å². The van der Waals surface area contributed by atoms with Crippen molar-refractivity contribution in [3.8, 4) is 0 Å². The van der Waals surface area contributed by atoms with Crippen LogP contribution in [0.3, 0.4) is 0 Å². The third kappa shape index (κ3) is 4.01. The van der Waals surface area contributed by atoms with Crippen LogP contribution in [0.5, 0.6) is 0 Å². The molecule has 4 heteroatoms. The smallest absolute Gasteiger partial charge is 0.163 e. The van der Waals surface area contributed by atoms with Crippen molar-refractivity contribution >= 4 is 33.2 Å². The number of fused-ring (bicyclic) bond motifs is 2. The summed E-state index contributed by atoms with van der Waals surface area (Å²) in [4.78, 5) is 0. The average molecular weight is 313 g/mol. The fraction of sp³-hybridized carbons (Fsp3) is 0.867. The van der Waals surface area contributed by atoms with E-state index in [1.807, 2.05) is 0 Å². The third-order valence-corrected chi connectivity index (χ3v) is 8.92. The topological polar surface area (TPSA) is 0 Å². The fourth-order valence-electron chi connectivity index (χ4n) is 4.31. The van der Waals surface area contributed by atoms with E-state index in [0.29, 0.717) is 0 Å². The lowest BCUT2D eigenvalue weighted by molar-refractivity contribution is 0.447. The lowest BCUT2D eigenvalue weighted by Crippen LogP contribution is -2.45. The van der Waals surface area contributed by atoms with Gasteiger partial charge >= 0.3 is 0 Å². The molecular weight excluding hydrogens is 283 g/mol. The number of halogens is 1. The molecule has 2 aliphatic rings. The van der Waals surface area contributed by atoms with Crippen LogP contribution in [0.15, 0.2) is 10.8 Å². The highest BCUT2D eigenvalue weighted by Crippen LogP contribution is 2.50. The van der Waals surface area contributed by atoms with Crippen LogP contribution < -0.4 is 0 Å². The molecule has 0 aromatic heterocycles.